The van der Waals surface area contributed by atoms with E-state index in [2.05, 4.69) is 16.0 Å². The molecule has 9 nitrogen and oxygen atoms in total. The Morgan fingerprint density at radius 1 is 0.969 bits per heavy atom. The minimum absolute atomic E-state index is 0.0395. The van der Waals surface area contributed by atoms with E-state index in [4.69, 9.17) is 9.47 Å². The quantitative estimate of drug-likeness (QED) is 0.352. The van der Waals surface area contributed by atoms with Crippen LogP contribution in [0.1, 0.15) is 52.5 Å². The van der Waals surface area contributed by atoms with E-state index in [1.54, 1.807) is 32.9 Å². The molecule has 9 heteroatoms. The van der Waals surface area contributed by atoms with E-state index in [1.807, 2.05) is 25.1 Å². The Hall–Kier alpha value is -3.10. The molecule has 32 heavy (non-hydrogen) atoms. The van der Waals surface area contributed by atoms with Gasteiger partial charge in [-0.2, -0.15) is 0 Å². The SMILES string of the molecule is CCCCOC(=O)NC(CC(=O)OCc1ccccc1)C(=O)NC(C(=O)NC)C(C)(C)C. The Balaban J connectivity index is 2.87. The summed E-state index contributed by atoms with van der Waals surface area (Å²) in [5.41, 5.74) is 0.191. The van der Waals surface area contributed by atoms with Gasteiger partial charge in [-0.15, -0.1) is 0 Å². The molecule has 0 aromatic heterocycles. The Labute approximate surface area is 189 Å². The van der Waals surface area contributed by atoms with Gasteiger partial charge in [-0.1, -0.05) is 64.4 Å². The fourth-order valence-electron chi connectivity index (χ4n) is 2.73. The number of hydrogen-bond acceptors (Lipinski definition) is 6. The summed E-state index contributed by atoms with van der Waals surface area (Å²) >= 11 is 0. The lowest BCUT2D eigenvalue weighted by atomic mass is 9.86. The molecule has 1 rings (SSSR count). The maximum Gasteiger partial charge on any atom is 0.407 e. The molecule has 3 amide bonds. The van der Waals surface area contributed by atoms with Crippen LogP contribution in [0.2, 0.25) is 0 Å². The molecule has 0 aliphatic heterocycles. The van der Waals surface area contributed by atoms with Gasteiger partial charge in [0.05, 0.1) is 13.0 Å². The third-order valence-corrected chi connectivity index (χ3v) is 4.61. The summed E-state index contributed by atoms with van der Waals surface area (Å²) in [6, 6.07) is 6.95. The van der Waals surface area contributed by atoms with E-state index in [0.717, 1.165) is 12.0 Å². The first-order valence-electron chi connectivity index (χ1n) is 10.7. The molecule has 2 atom stereocenters. The zero-order valence-electron chi connectivity index (χ0n) is 19.5. The van der Waals surface area contributed by atoms with Crippen LogP contribution >= 0.6 is 0 Å². The number of amides is 3. The van der Waals surface area contributed by atoms with Crippen LogP contribution in [0.3, 0.4) is 0 Å². The van der Waals surface area contributed by atoms with E-state index in [1.165, 1.54) is 7.05 Å². The highest BCUT2D eigenvalue weighted by Gasteiger charge is 2.35. The first-order valence-corrected chi connectivity index (χ1v) is 10.7. The molecular formula is C23H35N3O6. The average molecular weight is 450 g/mol. The Morgan fingerprint density at radius 3 is 2.19 bits per heavy atom. The van der Waals surface area contributed by atoms with Gasteiger partial charge < -0.3 is 25.4 Å². The number of alkyl carbamates (subject to hydrolysis) is 1. The van der Waals surface area contributed by atoms with Crippen molar-refractivity contribution in [2.24, 2.45) is 5.41 Å². The van der Waals surface area contributed by atoms with Crippen molar-refractivity contribution < 1.29 is 28.7 Å². The summed E-state index contributed by atoms with van der Waals surface area (Å²) in [4.78, 5) is 49.7. The topological polar surface area (TPSA) is 123 Å². The summed E-state index contributed by atoms with van der Waals surface area (Å²) in [7, 11) is 1.47. The van der Waals surface area contributed by atoms with Crippen molar-refractivity contribution >= 4 is 23.9 Å². The van der Waals surface area contributed by atoms with Crippen LogP contribution in [0.25, 0.3) is 0 Å². The van der Waals surface area contributed by atoms with Crippen LogP contribution in [0, 0.1) is 5.41 Å². The highest BCUT2D eigenvalue weighted by Crippen LogP contribution is 2.19. The second-order valence-electron chi connectivity index (χ2n) is 8.46. The molecule has 0 fully saturated rings. The van der Waals surface area contributed by atoms with Crippen molar-refractivity contribution in [3.8, 4) is 0 Å². The lowest BCUT2D eigenvalue weighted by Gasteiger charge is -2.31. The molecule has 0 aliphatic rings. The van der Waals surface area contributed by atoms with Gasteiger partial charge in [-0.05, 0) is 17.4 Å². The zero-order valence-corrected chi connectivity index (χ0v) is 19.5. The number of carbonyl (C=O) groups excluding carboxylic acids is 4. The second kappa shape index (κ2) is 13.3. The summed E-state index contributed by atoms with van der Waals surface area (Å²) in [5.74, 6) is -1.74. The first-order chi connectivity index (χ1) is 15.1. The minimum Gasteiger partial charge on any atom is -0.461 e. The predicted molar refractivity (Wildman–Crippen MR) is 119 cm³/mol. The number of nitrogens with one attached hydrogen (secondary N) is 3. The number of carbonyl (C=O) groups is 4. The largest absolute Gasteiger partial charge is 0.461 e. The zero-order chi connectivity index (χ0) is 24.1. The monoisotopic (exact) mass is 449 g/mol. The summed E-state index contributed by atoms with van der Waals surface area (Å²) in [6.45, 7) is 7.57. The number of benzene rings is 1. The van der Waals surface area contributed by atoms with Crippen molar-refractivity contribution in [1.29, 1.82) is 0 Å². The van der Waals surface area contributed by atoms with Gasteiger partial charge in [0.2, 0.25) is 11.8 Å². The van der Waals surface area contributed by atoms with Gasteiger partial charge in [0.1, 0.15) is 18.7 Å². The van der Waals surface area contributed by atoms with Crippen molar-refractivity contribution in [1.82, 2.24) is 16.0 Å². The van der Waals surface area contributed by atoms with Gasteiger partial charge in [0, 0.05) is 7.05 Å². The van der Waals surface area contributed by atoms with Crippen molar-refractivity contribution in [3.63, 3.8) is 0 Å². The molecule has 2 unspecified atom stereocenters. The number of ether oxygens (including phenoxy) is 2. The molecule has 0 heterocycles. The molecule has 0 spiro atoms. The van der Waals surface area contributed by atoms with Crippen LogP contribution in [0.5, 0.6) is 0 Å². The fourth-order valence-corrected chi connectivity index (χ4v) is 2.73. The molecule has 1 aromatic carbocycles. The van der Waals surface area contributed by atoms with E-state index >= 15 is 0 Å². The van der Waals surface area contributed by atoms with E-state index in [9.17, 15) is 19.2 Å². The number of likely N-dealkylation sites (N-methyl/N-ethyl adjacent to an activating group) is 1. The number of hydrogen-bond donors (Lipinski definition) is 3. The van der Waals surface area contributed by atoms with Crippen molar-refractivity contribution in [3.05, 3.63) is 35.9 Å². The predicted octanol–water partition coefficient (Wildman–Crippen LogP) is 2.29. The van der Waals surface area contributed by atoms with Crippen LogP contribution in [-0.4, -0.2) is 49.6 Å². The molecule has 0 radical (unpaired) electrons. The maximum absolute atomic E-state index is 12.9. The minimum atomic E-state index is -1.26. The van der Waals surface area contributed by atoms with Gasteiger partial charge in [-0.25, -0.2) is 4.79 Å². The summed E-state index contributed by atoms with van der Waals surface area (Å²) in [5, 5.41) is 7.56. The average Bonchev–Trinajstić information content (AvgIpc) is 2.75. The first kappa shape index (κ1) is 26.9. The van der Waals surface area contributed by atoms with E-state index < -0.39 is 41.9 Å². The molecule has 3 N–H and O–H groups in total. The molecule has 0 aliphatic carbocycles. The highest BCUT2D eigenvalue weighted by molar-refractivity contribution is 5.93. The number of rotatable bonds is 11. The Bertz CT molecular complexity index is 761. The molecule has 0 bridgehead atoms. The molecule has 0 saturated heterocycles. The van der Waals surface area contributed by atoms with Gasteiger partial charge in [0.15, 0.2) is 0 Å². The third-order valence-electron chi connectivity index (χ3n) is 4.61. The normalized spacial score (nSPS) is 12.8. The third kappa shape index (κ3) is 9.80. The molecule has 178 valence electrons. The Morgan fingerprint density at radius 2 is 1.62 bits per heavy atom. The van der Waals surface area contributed by atoms with Gasteiger partial charge in [-0.3, -0.25) is 14.4 Å². The van der Waals surface area contributed by atoms with Gasteiger partial charge in [0.25, 0.3) is 0 Å². The maximum atomic E-state index is 12.9. The lowest BCUT2D eigenvalue weighted by molar-refractivity contribution is -0.147. The van der Waals surface area contributed by atoms with E-state index in [0.29, 0.717) is 6.42 Å². The standard InChI is InChI=1S/C23H35N3O6/c1-6-7-13-31-22(30)25-17(14-18(27)32-15-16-11-9-8-10-12-16)20(28)26-19(21(29)24-5)23(2,3)4/h8-12,17,19H,6-7,13-15H2,1-5H3,(H,24,29)(H,25,30)(H,26,28). The van der Waals surface area contributed by atoms with Crippen molar-refractivity contribution in [2.75, 3.05) is 13.7 Å². The smallest absolute Gasteiger partial charge is 0.407 e. The number of esters is 1. The van der Waals surface area contributed by atoms with Crippen LogP contribution in [0.4, 0.5) is 4.79 Å². The van der Waals surface area contributed by atoms with Crippen LogP contribution in [0.15, 0.2) is 30.3 Å². The molecule has 1 aromatic rings. The highest BCUT2D eigenvalue weighted by atomic mass is 16.5. The van der Waals surface area contributed by atoms with Crippen LogP contribution < -0.4 is 16.0 Å². The summed E-state index contributed by atoms with van der Waals surface area (Å²) in [6.07, 6.45) is 0.280. The second-order valence-corrected chi connectivity index (χ2v) is 8.46. The molecular weight excluding hydrogens is 414 g/mol. The Kier molecular flexibility index (Phi) is 11.2. The van der Waals surface area contributed by atoms with Crippen LogP contribution in [-0.2, 0) is 30.5 Å². The summed E-state index contributed by atoms with van der Waals surface area (Å²) < 4.78 is 10.3. The van der Waals surface area contributed by atoms with Crippen molar-refractivity contribution in [2.45, 2.75) is 65.6 Å². The fraction of sp³-hybridized carbons (Fsp3) is 0.565. The molecule has 0 saturated carbocycles. The van der Waals surface area contributed by atoms with E-state index in [-0.39, 0.29) is 19.1 Å². The van der Waals surface area contributed by atoms with Gasteiger partial charge >= 0.3 is 12.1 Å². The lowest BCUT2D eigenvalue weighted by Crippen LogP contribution is -2.58. The number of unbranched alkanes of at least 4 members (excludes halogenated alkanes) is 1.